The molecule has 0 spiro atoms. The summed E-state index contributed by atoms with van der Waals surface area (Å²) in [5.74, 6) is 1.57. The normalized spacial score (nSPS) is 10.9. The van der Waals surface area contributed by atoms with E-state index in [4.69, 9.17) is 9.47 Å². The maximum atomic E-state index is 5.37. The predicted octanol–water partition coefficient (Wildman–Crippen LogP) is 2.47. The molecular formula is C15H26N2O2S. The highest BCUT2D eigenvalue weighted by Gasteiger charge is 2.10. The third kappa shape index (κ3) is 4.89. The summed E-state index contributed by atoms with van der Waals surface area (Å²) in [6.45, 7) is 6.12. The molecule has 0 saturated carbocycles. The molecule has 1 aromatic rings. The first-order valence-electron chi connectivity index (χ1n) is 6.84. The molecule has 0 heterocycles. The van der Waals surface area contributed by atoms with Gasteiger partial charge in [0.05, 0.1) is 14.2 Å². The second kappa shape index (κ2) is 9.10. The van der Waals surface area contributed by atoms with E-state index in [0.29, 0.717) is 0 Å². The van der Waals surface area contributed by atoms with Crippen molar-refractivity contribution in [3.63, 3.8) is 0 Å². The van der Waals surface area contributed by atoms with Gasteiger partial charge in [-0.1, -0.05) is 6.92 Å². The number of ether oxygens (including phenoxy) is 2. The molecule has 114 valence electrons. The van der Waals surface area contributed by atoms with Crippen molar-refractivity contribution >= 4 is 11.8 Å². The number of rotatable bonds is 9. The standard InChI is InChI=1S/C15H26N2O2S/c1-6-17(2)8-7-16-11-12-9-13(18-3)14(19-4)10-15(12)20-5/h9-10,16H,6-8,11H2,1-5H3. The van der Waals surface area contributed by atoms with Gasteiger partial charge in [-0.15, -0.1) is 11.8 Å². The van der Waals surface area contributed by atoms with Gasteiger partial charge in [-0.3, -0.25) is 0 Å². The van der Waals surface area contributed by atoms with E-state index in [1.165, 1.54) is 10.5 Å². The van der Waals surface area contributed by atoms with Gasteiger partial charge in [0.15, 0.2) is 11.5 Å². The summed E-state index contributed by atoms with van der Waals surface area (Å²) in [5, 5.41) is 3.48. The Morgan fingerprint density at radius 1 is 1.20 bits per heavy atom. The molecule has 0 radical (unpaired) electrons. The third-order valence-electron chi connectivity index (χ3n) is 3.31. The Hall–Kier alpha value is -0.910. The Labute approximate surface area is 126 Å². The van der Waals surface area contributed by atoms with Crippen molar-refractivity contribution in [2.75, 3.05) is 47.2 Å². The Morgan fingerprint density at radius 3 is 2.40 bits per heavy atom. The van der Waals surface area contributed by atoms with Crippen molar-refractivity contribution in [2.24, 2.45) is 0 Å². The van der Waals surface area contributed by atoms with Crippen LogP contribution in [0.3, 0.4) is 0 Å². The van der Waals surface area contributed by atoms with Crippen LogP contribution in [0.1, 0.15) is 12.5 Å². The van der Waals surface area contributed by atoms with Crippen molar-refractivity contribution in [1.29, 1.82) is 0 Å². The van der Waals surface area contributed by atoms with Crippen molar-refractivity contribution in [3.05, 3.63) is 17.7 Å². The van der Waals surface area contributed by atoms with E-state index in [9.17, 15) is 0 Å². The summed E-state index contributed by atoms with van der Waals surface area (Å²) in [4.78, 5) is 3.51. The van der Waals surface area contributed by atoms with E-state index >= 15 is 0 Å². The predicted molar refractivity (Wildman–Crippen MR) is 86.2 cm³/mol. The Morgan fingerprint density at radius 2 is 1.85 bits per heavy atom. The summed E-state index contributed by atoms with van der Waals surface area (Å²) in [6, 6.07) is 4.10. The number of hydrogen-bond donors (Lipinski definition) is 1. The molecule has 0 saturated heterocycles. The molecule has 1 rings (SSSR count). The monoisotopic (exact) mass is 298 g/mol. The Kier molecular flexibility index (Phi) is 7.80. The summed E-state index contributed by atoms with van der Waals surface area (Å²) >= 11 is 1.73. The first-order valence-corrected chi connectivity index (χ1v) is 8.06. The molecule has 0 bridgehead atoms. The molecular weight excluding hydrogens is 272 g/mol. The number of likely N-dealkylation sites (N-methyl/N-ethyl adjacent to an activating group) is 1. The van der Waals surface area contributed by atoms with Crippen LogP contribution in [0, 0.1) is 0 Å². The second-order valence-electron chi connectivity index (χ2n) is 4.59. The average molecular weight is 298 g/mol. The Balaban J connectivity index is 2.68. The fraction of sp³-hybridized carbons (Fsp3) is 0.600. The number of methoxy groups -OCH3 is 2. The third-order valence-corrected chi connectivity index (χ3v) is 4.13. The number of thioether (sulfide) groups is 1. The zero-order valence-electron chi connectivity index (χ0n) is 13.2. The van der Waals surface area contributed by atoms with Gasteiger partial charge in [0.1, 0.15) is 0 Å². The summed E-state index contributed by atoms with van der Waals surface area (Å²) < 4.78 is 10.7. The van der Waals surface area contributed by atoms with Crippen LogP contribution in [0.2, 0.25) is 0 Å². The highest BCUT2D eigenvalue weighted by molar-refractivity contribution is 7.98. The van der Waals surface area contributed by atoms with E-state index in [0.717, 1.165) is 37.7 Å². The van der Waals surface area contributed by atoms with Gasteiger partial charge in [0.2, 0.25) is 0 Å². The van der Waals surface area contributed by atoms with E-state index in [-0.39, 0.29) is 0 Å². The highest BCUT2D eigenvalue weighted by atomic mass is 32.2. The molecule has 0 aliphatic rings. The largest absolute Gasteiger partial charge is 0.493 e. The van der Waals surface area contributed by atoms with Crippen LogP contribution < -0.4 is 14.8 Å². The highest BCUT2D eigenvalue weighted by Crippen LogP contribution is 2.34. The van der Waals surface area contributed by atoms with Crippen LogP contribution in [-0.2, 0) is 6.54 Å². The molecule has 0 unspecified atom stereocenters. The maximum Gasteiger partial charge on any atom is 0.161 e. The zero-order valence-corrected chi connectivity index (χ0v) is 14.0. The van der Waals surface area contributed by atoms with Crippen molar-refractivity contribution in [1.82, 2.24) is 10.2 Å². The average Bonchev–Trinajstić information content (AvgIpc) is 2.50. The Bertz CT molecular complexity index is 413. The van der Waals surface area contributed by atoms with Crippen molar-refractivity contribution in [2.45, 2.75) is 18.4 Å². The summed E-state index contributed by atoms with van der Waals surface area (Å²) in [7, 11) is 5.47. The molecule has 0 aromatic heterocycles. The van der Waals surface area contributed by atoms with Crippen LogP contribution in [0.5, 0.6) is 11.5 Å². The fourth-order valence-electron chi connectivity index (χ4n) is 1.88. The molecule has 0 aliphatic carbocycles. The molecule has 0 aliphatic heterocycles. The fourth-order valence-corrected chi connectivity index (χ4v) is 2.50. The summed E-state index contributed by atoms with van der Waals surface area (Å²) in [5.41, 5.74) is 1.24. The van der Waals surface area contributed by atoms with Crippen LogP contribution >= 0.6 is 11.8 Å². The topological polar surface area (TPSA) is 33.7 Å². The van der Waals surface area contributed by atoms with Gasteiger partial charge in [-0.05, 0) is 37.5 Å². The van der Waals surface area contributed by atoms with Crippen LogP contribution in [0.4, 0.5) is 0 Å². The van der Waals surface area contributed by atoms with E-state index in [2.05, 4.69) is 36.5 Å². The van der Waals surface area contributed by atoms with Crippen molar-refractivity contribution < 1.29 is 9.47 Å². The lowest BCUT2D eigenvalue weighted by Crippen LogP contribution is -2.28. The van der Waals surface area contributed by atoms with Gasteiger partial charge < -0.3 is 19.7 Å². The van der Waals surface area contributed by atoms with Crippen LogP contribution in [0.25, 0.3) is 0 Å². The molecule has 1 N–H and O–H groups in total. The molecule has 0 fully saturated rings. The summed E-state index contributed by atoms with van der Waals surface area (Å²) in [6.07, 6.45) is 2.08. The number of nitrogens with zero attached hydrogens (tertiary/aromatic N) is 1. The first-order chi connectivity index (χ1) is 9.65. The minimum atomic E-state index is 0.784. The molecule has 20 heavy (non-hydrogen) atoms. The van der Waals surface area contributed by atoms with Gasteiger partial charge in [-0.2, -0.15) is 0 Å². The molecule has 0 atom stereocenters. The number of benzene rings is 1. The molecule has 1 aromatic carbocycles. The van der Waals surface area contributed by atoms with Crippen LogP contribution in [0.15, 0.2) is 17.0 Å². The lowest BCUT2D eigenvalue weighted by Gasteiger charge is -2.16. The first kappa shape index (κ1) is 17.1. The zero-order chi connectivity index (χ0) is 15.0. The van der Waals surface area contributed by atoms with Gasteiger partial charge in [0, 0.05) is 24.5 Å². The number of hydrogen-bond acceptors (Lipinski definition) is 5. The van der Waals surface area contributed by atoms with Gasteiger partial charge in [-0.25, -0.2) is 0 Å². The van der Waals surface area contributed by atoms with Crippen molar-refractivity contribution in [3.8, 4) is 11.5 Å². The molecule has 0 amide bonds. The lowest BCUT2D eigenvalue weighted by molar-refractivity contribution is 0.347. The maximum absolute atomic E-state index is 5.37. The van der Waals surface area contributed by atoms with E-state index in [1.54, 1.807) is 26.0 Å². The quantitative estimate of drug-likeness (QED) is 0.559. The molecule has 4 nitrogen and oxygen atoms in total. The van der Waals surface area contributed by atoms with Crippen LogP contribution in [-0.4, -0.2) is 52.1 Å². The minimum absolute atomic E-state index is 0.784. The van der Waals surface area contributed by atoms with E-state index in [1.807, 2.05) is 6.07 Å². The van der Waals surface area contributed by atoms with E-state index < -0.39 is 0 Å². The van der Waals surface area contributed by atoms with Gasteiger partial charge in [0.25, 0.3) is 0 Å². The molecule has 5 heteroatoms. The minimum Gasteiger partial charge on any atom is -0.493 e. The van der Waals surface area contributed by atoms with Gasteiger partial charge >= 0.3 is 0 Å². The number of nitrogens with one attached hydrogen (secondary N) is 1. The second-order valence-corrected chi connectivity index (χ2v) is 5.44. The lowest BCUT2D eigenvalue weighted by atomic mass is 10.2. The smallest absolute Gasteiger partial charge is 0.161 e. The SMILES string of the molecule is CCN(C)CCNCc1cc(OC)c(OC)cc1SC.